The van der Waals surface area contributed by atoms with E-state index >= 15 is 0 Å². The Morgan fingerprint density at radius 2 is 1.96 bits per heavy atom. The molecule has 0 unspecified atom stereocenters. The number of ether oxygens (including phenoxy) is 2. The Labute approximate surface area is 142 Å². The summed E-state index contributed by atoms with van der Waals surface area (Å²) in [6, 6.07) is 0. The highest BCUT2D eigenvalue weighted by atomic mass is 35.5. The topological polar surface area (TPSA) is 68.0 Å². The van der Waals surface area contributed by atoms with Crippen molar-refractivity contribution in [2.45, 2.75) is 12.8 Å². The molecule has 2 heterocycles. The number of allylic oxidation sites excluding steroid dienone is 4. The summed E-state index contributed by atoms with van der Waals surface area (Å²) >= 11 is 0. The molecule has 1 saturated heterocycles. The zero-order valence-corrected chi connectivity index (χ0v) is 13.8. The molecule has 0 aromatic carbocycles. The fourth-order valence-electron chi connectivity index (χ4n) is 2.74. The molecule has 1 fully saturated rings. The second kappa shape index (κ2) is 8.08. The minimum Gasteiger partial charge on any atom is -0.456 e. The van der Waals surface area contributed by atoms with Crippen molar-refractivity contribution in [3.05, 3.63) is 48.0 Å². The van der Waals surface area contributed by atoms with E-state index in [1.54, 1.807) is 12.5 Å². The number of hydrogen-bond donors (Lipinski definition) is 1. The highest BCUT2D eigenvalue weighted by Gasteiger charge is 2.23. The quantitative estimate of drug-likeness (QED) is 0.840. The van der Waals surface area contributed by atoms with E-state index in [-0.39, 0.29) is 18.3 Å². The van der Waals surface area contributed by atoms with Crippen molar-refractivity contribution >= 4 is 18.3 Å². The predicted octanol–water partition coefficient (Wildman–Crippen LogP) is 1.47. The molecule has 2 N–H and O–H groups in total. The number of amides is 1. The lowest BCUT2D eigenvalue weighted by Crippen LogP contribution is -2.48. The van der Waals surface area contributed by atoms with Gasteiger partial charge in [-0.2, -0.15) is 0 Å². The average molecular weight is 340 g/mol. The maximum absolute atomic E-state index is 10.9. The van der Waals surface area contributed by atoms with Crippen LogP contribution in [0.5, 0.6) is 0 Å². The molecule has 0 spiro atoms. The van der Waals surface area contributed by atoms with Gasteiger partial charge in [0.25, 0.3) is 0 Å². The number of rotatable bonds is 4. The molecule has 1 aliphatic carbocycles. The number of carbonyl (C=O) groups excluding carboxylic acids is 1. The van der Waals surface area contributed by atoms with Crippen LogP contribution >= 0.6 is 12.4 Å². The Hall–Kier alpha value is -1.92. The monoisotopic (exact) mass is 339 g/mol. The Kier molecular flexibility index (Phi) is 6.12. The van der Waals surface area contributed by atoms with Crippen LogP contribution in [0.15, 0.2) is 48.0 Å². The Morgan fingerprint density at radius 1 is 1.17 bits per heavy atom. The van der Waals surface area contributed by atoms with Gasteiger partial charge in [0, 0.05) is 26.2 Å². The minimum atomic E-state index is -0.285. The van der Waals surface area contributed by atoms with Crippen LogP contribution < -0.4 is 5.73 Å². The third-order valence-electron chi connectivity index (χ3n) is 3.97. The Balaban J connectivity index is 0.00000192. The molecule has 7 heteroatoms. The van der Waals surface area contributed by atoms with Gasteiger partial charge in [-0.1, -0.05) is 18.2 Å². The summed E-state index contributed by atoms with van der Waals surface area (Å²) in [6.07, 6.45) is 11.6. The van der Waals surface area contributed by atoms with Gasteiger partial charge in [-0.15, -0.1) is 12.4 Å². The van der Waals surface area contributed by atoms with E-state index in [4.69, 9.17) is 15.2 Å². The third-order valence-corrected chi connectivity index (χ3v) is 3.97. The van der Waals surface area contributed by atoms with E-state index in [1.165, 1.54) is 0 Å². The first kappa shape index (κ1) is 17.4. The van der Waals surface area contributed by atoms with Crippen molar-refractivity contribution in [3.63, 3.8) is 0 Å². The molecular weight excluding hydrogens is 318 g/mol. The zero-order chi connectivity index (χ0) is 15.4. The van der Waals surface area contributed by atoms with Crippen LogP contribution in [0, 0.1) is 0 Å². The molecule has 0 saturated carbocycles. The number of nitrogens with zero attached hydrogens (tertiary/aromatic N) is 2. The highest BCUT2D eigenvalue weighted by molar-refractivity contribution is 5.85. The number of primary amides is 1. The van der Waals surface area contributed by atoms with Gasteiger partial charge in [-0.05, 0) is 18.4 Å². The second-order valence-electron chi connectivity index (χ2n) is 5.56. The van der Waals surface area contributed by atoms with Crippen molar-refractivity contribution in [1.29, 1.82) is 0 Å². The molecule has 0 bridgehead atoms. The largest absolute Gasteiger partial charge is 0.456 e. The van der Waals surface area contributed by atoms with Crippen molar-refractivity contribution in [2.75, 3.05) is 32.7 Å². The van der Waals surface area contributed by atoms with Crippen LogP contribution in [-0.2, 0) is 14.3 Å². The van der Waals surface area contributed by atoms with E-state index in [1.807, 2.05) is 11.0 Å². The van der Waals surface area contributed by atoms with Gasteiger partial charge in [0.15, 0.2) is 12.0 Å². The van der Waals surface area contributed by atoms with E-state index in [2.05, 4.69) is 17.1 Å². The normalized spacial score (nSPS) is 21.2. The molecule has 0 aromatic heterocycles. The molecular formula is C16H22ClN3O3. The van der Waals surface area contributed by atoms with Gasteiger partial charge in [-0.25, -0.2) is 0 Å². The molecule has 0 radical (unpaired) electrons. The minimum absolute atomic E-state index is 0. The lowest BCUT2D eigenvalue weighted by Gasteiger charge is -2.36. The lowest BCUT2D eigenvalue weighted by atomic mass is 10.0. The fraction of sp³-hybridized carbons (Fsp3) is 0.438. The number of halogens is 1. The molecule has 126 valence electrons. The van der Waals surface area contributed by atoms with Crippen LogP contribution in [0.25, 0.3) is 0 Å². The van der Waals surface area contributed by atoms with Gasteiger partial charge >= 0.3 is 0 Å². The zero-order valence-electron chi connectivity index (χ0n) is 12.9. The SMILES string of the molecule is Cl.NC(=O)CN1CCN(C2=COC(C3=CC=CCC3)=CO2)CC1. The summed E-state index contributed by atoms with van der Waals surface area (Å²) in [4.78, 5) is 15.1. The fourth-order valence-corrected chi connectivity index (χ4v) is 2.74. The van der Waals surface area contributed by atoms with Crippen LogP contribution in [0.4, 0.5) is 0 Å². The molecule has 2 aliphatic heterocycles. The van der Waals surface area contributed by atoms with Crippen LogP contribution in [0.1, 0.15) is 12.8 Å². The summed E-state index contributed by atoms with van der Waals surface area (Å²) in [5.74, 6) is 1.21. The van der Waals surface area contributed by atoms with Gasteiger partial charge in [-0.3, -0.25) is 9.69 Å². The highest BCUT2D eigenvalue weighted by Crippen LogP contribution is 2.26. The van der Waals surface area contributed by atoms with Crippen molar-refractivity contribution in [1.82, 2.24) is 9.80 Å². The first-order chi connectivity index (χ1) is 10.7. The second-order valence-corrected chi connectivity index (χ2v) is 5.56. The van der Waals surface area contributed by atoms with Gasteiger partial charge in [0.05, 0.1) is 6.54 Å². The molecule has 6 nitrogen and oxygen atoms in total. The van der Waals surface area contributed by atoms with E-state index in [9.17, 15) is 4.79 Å². The summed E-state index contributed by atoms with van der Waals surface area (Å²) in [5.41, 5.74) is 6.38. The molecule has 0 aromatic rings. The summed E-state index contributed by atoms with van der Waals surface area (Å²) < 4.78 is 11.4. The predicted molar refractivity (Wildman–Crippen MR) is 89.2 cm³/mol. The van der Waals surface area contributed by atoms with Crippen LogP contribution in [0.2, 0.25) is 0 Å². The Bertz CT molecular complexity index is 561. The van der Waals surface area contributed by atoms with Gasteiger partial charge in [0.2, 0.25) is 11.8 Å². The molecule has 3 aliphatic rings. The van der Waals surface area contributed by atoms with Gasteiger partial charge < -0.3 is 20.1 Å². The van der Waals surface area contributed by atoms with Crippen molar-refractivity contribution in [3.8, 4) is 0 Å². The first-order valence-corrected chi connectivity index (χ1v) is 7.58. The van der Waals surface area contributed by atoms with E-state index in [0.717, 1.165) is 56.2 Å². The van der Waals surface area contributed by atoms with Crippen LogP contribution in [-0.4, -0.2) is 48.4 Å². The smallest absolute Gasteiger partial charge is 0.231 e. The summed E-state index contributed by atoms with van der Waals surface area (Å²) in [6.45, 7) is 3.47. The van der Waals surface area contributed by atoms with Crippen molar-refractivity contribution < 1.29 is 14.3 Å². The number of carbonyl (C=O) groups is 1. The van der Waals surface area contributed by atoms with Crippen molar-refractivity contribution in [2.24, 2.45) is 5.73 Å². The molecule has 23 heavy (non-hydrogen) atoms. The summed E-state index contributed by atoms with van der Waals surface area (Å²) in [7, 11) is 0. The third kappa shape index (κ3) is 4.53. The summed E-state index contributed by atoms with van der Waals surface area (Å²) in [5, 5.41) is 0. The lowest BCUT2D eigenvalue weighted by molar-refractivity contribution is -0.119. The number of hydrogen-bond acceptors (Lipinski definition) is 5. The average Bonchev–Trinajstić information content (AvgIpc) is 2.56. The molecule has 3 rings (SSSR count). The van der Waals surface area contributed by atoms with Gasteiger partial charge in [0.1, 0.15) is 6.26 Å². The maximum Gasteiger partial charge on any atom is 0.231 e. The number of nitrogens with two attached hydrogens (primary N) is 1. The molecule has 1 amide bonds. The Morgan fingerprint density at radius 3 is 2.52 bits per heavy atom. The molecule has 0 atom stereocenters. The number of piperazine rings is 1. The standard InChI is InChI=1S/C16H21N3O3.ClH/c17-15(20)10-18-6-8-19(9-7-18)16-12-21-14(11-22-16)13-4-2-1-3-5-13;/h1-2,4,11-12H,3,5-10H2,(H2,17,20);1H. The van der Waals surface area contributed by atoms with Crippen LogP contribution in [0.3, 0.4) is 0 Å². The first-order valence-electron chi connectivity index (χ1n) is 7.58. The van der Waals surface area contributed by atoms with E-state index in [0.29, 0.717) is 6.54 Å². The van der Waals surface area contributed by atoms with E-state index < -0.39 is 0 Å². The maximum atomic E-state index is 10.9.